The van der Waals surface area contributed by atoms with Crippen LogP contribution in [0.15, 0.2) is 0 Å². The molecule has 0 aromatic carbocycles. The van der Waals surface area contributed by atoms with Crippen molar-refractivity contribution in [2.24, 2.45) is 0 Å². The van der Waals surface area contributed by atoms with Crippen molar-refractivity contribution in [2.45, 2.75) is 201 Å². The van der Waals surface area contributed by atoms with Gasteiger partial charge in [0.2, 0.25) is 0 Å². The van der Waals surface area contributed by atoms with Gasteiger partial charge in [0.25, 0.3) is 0 Å². The van der Waals surface area contributed by atoms with E-state index in [2.05, 4.69) is 20.8 Å². The summed E-state index contributed by atoms with van der Waals surface area (Å²) in [6.45, 7) is 7.73. The third kappa shape index (κ3) is 26.5. The third-order valence-electron chi connectivity index (χ3n) is 8.88. The van der Waals surface area contributed by atoms with Gasteiger partial charge in [-0.25, -0.2) is 4.79 Å². The maximum atomic E-state index is 12.9. The summed E-state index contributed by atoms with van der Waals surface area (Å²) in [5, 5.41) is 0. The number of ketones is 1. The molecular weight excluding hydrogens is 514 g/mol. The molecule has 0 aliphatic carbocycles. The standard InChI is InChI=1S/C36H72NO2.ClH/c1-5-8-10-12-14-16-18-20-22-24-26-28-30-32-35(38)34-37(4,7-3)36(39)33-31-29-27-25-23-21-19-17-15-13-11-9-6-2;/h5-34H2,1-4H3;1H/q+1;/p-1. The molecule has 0 aromatic rings. The van der Waals surface area contributed by atoms with Crippen molar-refractivity contribution in [2.75, 3.05) is 20.1 Å². The van der Waals surface area contributed by atoms with Crippen LogP contribution in [0.1, 0.15) is 201 Å². The molecule has 40 heavy (non-hydrogen) atoms. The van der Waals surface area contributed by atoms with Crippen LogP contribution in [0.3, 0.4) is 0 Å². The Kier molecular flexibility index (Phi) is 32.9. The van der Waals surface area contributed by atoms with E-state index in [9.17, 15) is 9.59 Å². The van der Waals surface area contributed by atoms with E-state index in [4.69, 9.17) is 0 Å². The monoisotopic (exact) mass is 586 g/mol. The Morgan fingerprint density at radius 3 is 1.00 bits per heavy atom. The molecule has 240 valence electrons. The second-order valence-electron chi connectivity index (χ2n) is 12.8. The topological polar surface area (TPSA) is 34.1 Å². The summed E-state index contributed by atoms with van der Waals surface area (Å²) < 4.78 is 0.301. The summed E-state index contributed by atoms with van der Waals surface area (Å²) in [6.07, 6.45) is 35.7. The predicted octanol–water partition coefficient (Wildman–Crippen LogP) is 8.52. The molecule has 0 heterocycles. The van der Waals surface area contributed by atoms with Crippen molar-refractivity contribution >= 4 is 11.7 Å². The number of rotatable bonds is 31. The zero-order valence-corrected chi connectivity index (χ0v) is 28.6. The quantitative estimate of drug-likeness (QED) is 0.0603. The first-order valence-electron chi connectivity index (χ1n) is 17.9. The number of carbonyl (C=O) groups excluding carboxylic acids is 2. The van der Waals surface area contributed by atoms with Crippen molar-refractivity contribution in [3.05, 3.63) is 0 Å². The predicted molar refractivity (Wildman–Crippen MR) is 172 cm³/mol. The maximum absolute atomic E-state index is 12.9. The largest absolute Gasteiger partial charge is 1.00 e. The highest BCUT2D eigenvalue weighted by molar-refractivity contribution is 5.82. The van der Waals surface area contributed by atoms with Crippen molar-refractivity contribution in [3.63, 3.8) is 0 Å². The molecule has 3 nitrogen and oxygen atoms in total. The van der Waals surface area contributed by atoms with E-state index < -0.39 is 0 Å². The summed E-state index contributed by atoms with van der Waals surface area (Å²) in [6, 6.07) is 0. The summed E-state index contributed by atoms with van der Waals surface area (Å²) in [5.74, 6) is 0.542. The molecule has 0 aliphatic heterocycles. The molecule has 0 aliphatic rings. The van der Waals surface area contributed by atoms with E-state index in [1.807, 2.05) is 7.05 Å². The minimum Gasteiger partial charge on any atom is -1.00 e. The van der Waals surface area contributed by atoms with Crippen LogP contribution < -0.4 is 12.4 Å². The Bertz CT molecular complexity index is 553. The molecule has 0 N–H and O–H groups in total. The number of quaternary nitrogens is 1. The second kappa shape index (κ2) is 31.5. The number of unbranched alkanes of at least 4 members (excludes halogenated alkanes) is 24. The van der Waals surface area contributed by atoms with Crippen LogP contribution in [0, 0.1) is 0 Å². The van der Waals surface area contributed by atoms with E-state index in [1.165, 1.54) is 141 Å². The fraction of sp³-hybridized carbons (Fsp3) is 0.944. The fourth-order valence-corrected chi connectivity index (χ4v) is 5.75. The third-order valence-corrected chi connectivity index (χ3v) is 8.88. The van der Waals surface area contributed by atoms with Crippen LogP contribution in [0.2, 0.25) is 0 Å². The van der Waals surface area contributed by atoms with Gasteiger partial charge in [-0.3, -0.25) is 9.28 Å². The molecule has 0 aromatic heterocycles. The Labute approximate surface area is 258 Å². The zero-order chi connectivity index (χ0) is 28.9. The van der Waals surface area contributed by atoms with Gasteiger partial charge in [-0.05, 0) is 19.8 Å². The highest BCUT2D eigenvalue weighted by Crippen LogP contribution is 2.16. The molecule has 1 unspecified atom stereocenters. The van der Waals surface area contributed by atoms with Crippen molar-refractivity contribution in [1.82, 2.24) is 0 Å². The van der Waals surface area contributed by atoms with Crippen molar-refractivity contribution in [3.8, 4) is 0 Å². The second-order valence-corrected chi connectivity index (χ2v) is 12.8. The van der Waals surface area contributed by atoms with E-state index in [0.29, 0.717) is 23.9 Å². The van der Waals surface area contributed by atoms with Gasteiger partial charge in [-0.1, -0.05) is 168 Å². The first-order valence-corrected chi connectivity index (χ1v) is 17.9. The average Bonchev–Trinajstić information content (AvgIpc) is 2.93. The number of nitrogens with zero attached hydrogens (tertiary/aromatic N) is 1. The highest BCUT2D eigenvalue weighted by Gasteiger charge is 2.31. The molecule has 1 amide bonds. The zero-order valence-electron chi connectivity index (χ0n) is 27.9. The van der Waals surface area contributed by atoms with Crippen LogP contribution in [-0.4, -0.2) is 36.3 Å². The number of hydrogen-bond donors (Lipinski definition) is 0. The molecule has 0 saturated carbocycles. The van der Waals surface area contributed by atoms with Gasteiger partial charge in [0.15, 0.2) is 5.78 Å². The summed E-state index contributed by atoms with van der Waals surface area (Å²) in [7, 11) is 1.98. The number of Topliss-reactive ketones (excluding diaryl/α,β-unsaturated/α-hetero) is 1. The van der Waals surface area contributed by atoms with E-state index in [1.54, 1.807) is 0 Å². The van der Waals surface area contributed by atoms with Crippen LogP contribution in [-0.2, 0) is 9.59 Å². The van der Waals surface area contributed by atoms with Gasteiger partial charge in [0.1, 0.15) is 6.54 Å². The van der Waals surface area contributed by atoms with Gasteiger partial charge < -0.3 is 12.4 Å². The van der Waals surface area contributed by atoms with Crippen LogP contribution in [0.4, 0.5) is 0 Å². The normalized spacial score (nSPS) is 12.7. The minimum absolute atomic E-state index is 0. The Balaban J connectivity index is 0. The molecule has 0 fully saturated rings. The number of halogens is 1. The lowest BCUT2D eigenvalue weighted by molar-refractivity contribution is -0.824. The van der Waals surface area contributed by atoms with Crippen LogP contribution in [0.25, 0.3) is 0 Å². The smallest absolute Gasteiger partial charge is 0.313 e. The minimum atomic E-state index is 0. The highest BCUT2D eigenvalue weighted by atomic mass is 35.5. The SMILES string of the molecule is CCCCCCCCCCCCCCCC(=O)C[N+](C)(CC)C(=O)CCCCCCCCCCCCCCC.[Cl-]. The lowest BCUT2D eigenvalue weighted by Gasteiger charge is -2.29. The Hall–Kier alpha value is -0.410. The maximum Gasteiger partial charge on any atom is 0.313 e. The van der Waals surface area contributed by atoms with Gasteiger partial charge in [0, 0.05) is 6.42 Å². The molecule has 0 saturated heterocycles. The molecule has 4 heteroatoms. The first kappa shape index (κ1) is 41.7. The van der Waals surface area contributed by atoms with Crippen molar-refractivity contribution in [1.29, 1.82) is 0 Å². The number of likely N-dealkylation sites (N-methyl/N-ethyl adjacent to an activating group) is 1. The summed E-state index contributed by atoms with van der Waals surface area (Å²) in [4.78, 5) is 25.6. The number of carbonyl (C=O) groups is 2. The van der Waals surface area contributed by atoms with Crippen LogP contribution >= 0.6 is 0 Å². The van der Waals surface area contributed by atoms with Crippen LogP contribution in [0.5, 0.6) is 0 Å². The average molecular weight is 586 g/mol. The van der Waals surface area contributed by atoms with Crippen molar-refractivity contribution < 1.29 is 26.5 Å². The molecule has 0 bridgehead atoms. The lowest BCUT2D eigenvalue weighted by Crippen LogP contribution is -3.00. The lowest BCUT2D eigenvalue weighted by atomic mass is 10.0. The fourth-order valence-electron chi connectivity index (χ4n) is 5.75. The molecule has 0 radical (unpaired) electrons. The molecule has 0 spiro atoms. The summed E-state index contributed by atoms with van der Waals surface area (Å²) >= 11 is 0. The Morgan fingerprint density at radius 1 is 0.425 bits per heavy atom. The molecule has 0 rings (SSSR count). The van der Waals surface area contributed by atoms with Gasteiger partial charge >= 0.3 is 5.91 Å². The van der Waals surface area contributed by atoms with E-state index in [0.717, 1.165) is 32.2 Å². The molecule has 1 atom stereocenters. The van der Waals surface area contributed by atoms with E-state index >= 15 is 0 Å². The van der Waals surface area contributed by atoms with E-state index in [-0.39, 0.29) is 24.1 Å². The molecular formula is C36H72ClNO2. The number of amides is 1. The van der Waals surface area contributed by atoms with Gasteiger partial charge in [0.05, 0.1) is 20.0 Å². The Morgan fingerprint density at radius 2 is 0.700 bits per heavy atom. The van der Waals surface area contributed by atoms with Gasteiger partial charge in [-0.15, -0.1) is 0 Å². The van der Waals surface area contributed by atoms with Gasteiger partial charge in [-0.2, -0.15) is 0 Å². The number of hydrogen-bond acceptors (Lipinski definition) is 2. The first-order chi connectivity index (χ1) is 19.0. The summed E-state index contributed by atoms with van der Waals surface area (Å²) in [5.41, 5.74) is 0.